The Hall–Kier alpha value is -2.78. The molecule has 2 aromatic rings. The summed E-state index contributed by atoms with van der Waals surface area (Å²) in [6.07, 6.45) is 1.41. The summed E-state index contributed by atoms with van der Waals surface area (Å²) >= 11 is 6.49. The van der Waals surface area contributed by atoms with Gasteiger partial charge >= 0.3 is 5.97 Å². The van der Waals surface area contributed by atoms with E-state index < -0.39 is 17.8 Å². The number of thiocarbonyl (C=S) groups is 1. The van der Waals surface area contributed by atoms with Gasteiger partial charge in [-0.2, -0.15) is 0 Å². The van der Waals surface area contributed by atoms with Gasteiger partial charge in [-0.1, -0.05) is 0 Å². The van der Waals surface area contributed by atoms with Crippen LogP contribution < -0.4 is 0 Å². The summed E-state index contributed by atoms with van der Waals surface area (Å²) in [5.41, 5.74) is 0.575. The van der Waals surface area contributed by atoms with E-state index in [2.05, 4.69) is 0 Å². The first-order valence-corrected chi connectivity index (χ1v) is 9.87. The van der Waals surface area contributed by atoms with Crippen molar-refractivity contribution in [3.63, 3.8) is 0 Å². The number of hydrogen-bond donors (Lipinski definition) is 0. The fourth-order valence-electron chi connectivity index (χ4n) is 2.85. The maximum Gasteiger partial charge on any atom is 0.348 e. The molecule has 9 heteroatoms. The van der Waals surface area contributed by atoms with Crippen LogP contribution in [0.15, 0.2) is 33.6 Å². The average Bonchev–Trinajstić information content (AvgIpc) is 3.34. The topological polar surface area (TPSA) is 80.1 Å². The Balaban J connectivity index is 1.97. The number of esters is 1. The van der Waals surface area contributed by atoms with Gasteiger partial charge in [0.2, 0.25) is 0 Å². The third kappa shape index (κ3) is 3.38. The van der Waals surface area contributed by atoms with Gasteiger partial charge in [0, 0.05) is 18.7 Å². The van der Waals surface area contributed by atoms with Gasteiger partial charge in [0.05, 0.1) is 7.11 Å². The van der Waals surface area contributed by atoms with E-state index in [1.54, 1.807) is 37.4 Å². The van der Waals surface area contributed by atoms with Gasteiger partial charge in [-0.15, -0.1) is 11.3 Å². The Labute approximate surface area is 171 Å². The lowest BCUT2D eigenvalue weighted by atomic mass is 10.1. The minimum Gasteiger partial charge on any atom is -0.465 e. The van der Waals surface area contributed by atoms with E-state index in [0.717, 1.165) is 0 Å². The van der Waals surface area contributed by atoms with Gasteiger partial charge in [0.15, 0.2) is 5.11 Å². The SMILES string of the molecule is CCN1C(=O)C(=Cc2ccc(-c3ccsc3C(=O)OC)o2)C(=O)N(CC)C1=S. The summed E-state index contributed by atoms with van der Waals surface area (Å²) in [6.45, 7) is 4.31. The molecule has 1 saturated heterocycles. The highest BCUT2D eigenvalue weighted by Crippen LogP contribution is 2.31. The number of rotatable bonds is 5. The molecule has 0 aromatic carbocycles. The molecule has 2 aromatic heterocycles. The van der Waals surface area contributed by atoms with Crippen molar-refractivity contribution in [2.45, 2.75) is 13.8 Å². The van der Waals surface area contributed by atoms with Crippen molar-refractivity contribution in [2.75, 3.05) is 20.2 Å². The standard InChI is InChI=1S/C19H18N2O5S2/c1-4-20-16(22)13(17(23)21(5-2)19(20)27)10-11-6-7-14(26-11)12-8-9-28-15(12)18(24)25-3/h6-10H,4-5H2,1-3H3. The Bertz CT molecular complexity index is 960. The number of thiophene rings is 1. The molecular formula is C19H18N2O5S2. The van der Waals surface area contributed by atoms with Crippen LogP contribution in [-0.4, -0.2) is 52.9 Å². The van der Waals surface area contributed by atoms with Crippen LogP contribution in [0.4, 0.5) is 0 Å². The molecule has 1 aliphatic rings. The van der Waals surface area contributed by atoms with Crippen LogP contribution in [0.1, 0.15) is 29.3 Å². The molecular weight excluding hydrogens is 400 g/mol. The highest BCUT2D eigenvalue weighted by molar-refractivity contribution is 7.80. The predicted molar refractivity (Wildman–Crippen MR) is 109 cm³/mol. The fraction of sp³-hybridized carbons (Fsp3) is 0.263. The third-order valence-electron chi connectivity index (χ3n) is 4.26. The molecule has 146 valence electrons. The third-order valence-corrected chi connectivity index (χ3v) is 5.60. The maximum atomic E-state index is 12.7. The molecule has 0 bridgehead atoms. The molecule has 3 rings (SSSR count). The Morgan fingerprint density at radius 3 is 2.39 bits per heavy atom. The highest BCUT2D eigenvalue weighted by atomic mass is 32.1. The molecule has 0 N–H and O–H groups in total. The molecule has 2 amide bonds. The quantitative estimate of drug-likeness (QED) is 0.321. The molecule has 0 aliphatic carbocycles. The summed E-state index contributed by atoms with van der Waals surface area (Å²) in [7, 11) is 1.31. The zero-order valence-corrected chi connectivity index (χ0v) is 17.2. The predicted octanol–water partition coefficient (Wildman–Crippen LogP) is 3.17. The first-order valence-electron chi connectivity index (χ1n) is 8.58. The molecule has 0 atom stereocenters. The van der Waals surface area contributed by atoms with Crippen molar-refractivity contribution in [2.24, 2.45) is 0 Å². The summed E-state index contributed by atoms with van der Waals surface area (Å²) in [5, 5.41) is 1.97. The number of furan rings is 1. The van der Waals surface area contributed by atoms with Crippen molar-refractivity contribution in [3.8, 4) is 11.3 Å². The van der Waals surface area contributed by atoms with Crippen LogP contribution >= 0.6 is 23.6 Å². The van der Waals surface area contributed by atoms with Crippen LogP contribution in [0.25, 0.3) is 17.4 Å². The van der Waals surface area contributed by atoms with E-state index in [4.69, 9.17) is 21.4 Å². The molecule has 0 radical (unpaired) electrons. The molecule has 1 aliphatic heterocycles. The van der Waals surface area contributed by atoms with Gasteiger partial charge in [-0.25, -0.2) is 4.79 Å². The number of carbonyl (C=O) groups is 3. The van der Waals surface area contributed by atoms with Crippen molar-refractivity contribution in [1.82, 2.24) is 9.80 Å². The van der Waals surface area contributed by atoms with Crippen molar-refractivity contribution in [3.05, 3.63) is 39.8 Å². The first-order chi connectivity index (χ1) is 13.4. The van der Waals surface area contributed by atoms with E-state index in [0.29, 0.717) is 35.1 Å². The summed E-state index contributed by atoms with van der Waals surface area (Å²) in [4.78, 5) is 40.4. The smallest absolute Gasteiger partial charge is 0.348 e. The summed E-state index contributed by atoms with van der Waals surface area (Å²) in [6, 6.07) is 5.07. The van der Waals surface area contributed by atoms with E-state index >= 15 is 0 Å². The minimum absolute atomic E-state index is 0.0169. The number of ether oxygens (including phenoxy) is 1. The lowest BCUT2D eigenvalue weighted by Crippen LogP contribution is -2.55. The maximum absolute atomic E-state index is 12.7. The zero-order chi connectivity index (χ0) is 20.4. The molecule has 7 nitrogen and oxygen atoms in total. The monoisotopic (exact) mass is 418 g/mol. The molecule has 0 spiro atoms. The summed E-state index contributed by atoms with van der Waals surface area (Å²) < 4.78 is 10.6. The van der Waals surface area contributed by atoms with Gasteiger partial charge in [-0.05, 0) is 55.7 Å². The van der Waals surface area contributed by atoms with Crippen LogP contribution in [0.3, 0.4) is 0 Å². The first kappa shape index (κ1) is 20.0. The number of hydrogen-bond acceptors (Lipinski definition) is 7. The Morgan fingerprint density at radius 2 is 1.82 bits per heavy atom. The van der Waals surface area contributed by atoms with Gasteiger partial charge in [-0.3, -0.25) is 19.4 Å². The van der Waals surface area contributed by atoms with Gasteiger partial charge < -0.3 is 9.15 Å². The van der Waals surface area contributed by atoms with Crippen LogP contribution in [0.5, 0.6) is 0 Å². The summed E-state index contributed by atoms with van der Waals surface area (Å²) in [5.74, 6) is -0.588. The molecule has 0 unspecified atom stereocenters. The number of nitrogens with zero attached hydrogens (tertiary/aromatic N) is 2. The van der Waals surface area contributed by atoms with Crippen molar-refractivity contribution < 1.29 is 23.5 Å². The molecule has 28 heavy (non-hydrogen) atoms. The second-order valence-corrected chi connectivity index (χ2v) is 7.08. The van der Waals surface area contributed by atoms with Gasteiger partial charge in [0.25, 0.3) is 11.8 Å². The molecule has 1 fully saturated rings. The van der Waals surface area contributed by atoms with Crippen LogP contribution in [-0.2, 0) is 14.3 Å². The van der Waals surface area contributed by atoms with Gasteiger partial charge in [0.1, 0.15) is 22.0 Å². The normalized spacial score (nSPS) is 14.7. The molecule has 3 heterocycles. The van der Waals surface area contributed by atoms with E-state index in [1.165, 1.54) is 34.3 Å². The Morgan fingerprint density at radius 1 is 1.18 bits per heavy atom. The number of amides is 2. The van der Waals surface area contributed by atoms with Crippen LogP contribution in [0, 0.1) is 0 Å². The zero-order valence-electron chi connectivity index (χ0n) is 15.6. The van der Waals surface area contributed by atoms with E-state index in [9.17, 15) is 14.4 Å². The number of carbonyl (C=O) groups excluding carboxylic acids is 3. The largest absolute Gasteiger partial charge is 0.465 e. The fourth-order valence-corrected chi connectivity index (χ4v) is 4.09. The Kier molecular flexibility index (Phi) is 5.76. The second-order valence-electron chi connectivity index (χ2n) is 5.80. The highest BCUT2D eigenvalue weighted by Gasteiger charge is 2.38. The second kappa shape index (κ2) is 8.07. The molecule has 0 saturated carbocycles. The van der Waals surface area contributed by atoms with Crippen molar-refractivity contribution in [1.29, 1.82) is 0 Å². The average molecular weight is 418 g/mol. The minimum atomic E-state index is -0.454. The number of methoxy groups -OCH3 is 1. The van der Waals surface area contributed by atoms with Crippen LogP contribution in [0.2, 0.25) is 0 Å². The lowest BCUT2D eigenvalue weighted by molar-refractivity contribution is -0.133. The lowest BCUT2D eigenvalue weighted by Gasteiger charge is -2.35. The van der Waals surface area contributed by atoms with E-state index in [1.807, 2.05) is 0 Å². The van der Waals surface area contributed by atoms with Crippen molar-refractivity contribution >= 4 is 52.5 Å². The number of likely N-dealkylation sites (N-methyl/N-ethyl adjacent to an activating group) is 2. The van der Waals surface area contributed by atoms with E-state index in [-0.39, 0.29) is 10.7 Å².